The Morgan fingerprint density at radius 2 is 1.79 bits per heavy atom. The van der Waals surface area contributed by atoms with Gasteiger partial charge in [-0.05, 0) is 31.2 Å². The molecule has 0 aliphatic rings. The summed E-state index contributed by atoms with van der Waals surface area (Å²) in [5.41, 5.74) is -3.65. The number of amides is 1. The van der Waals surface area contributed by atoms with Crippen molar-refractivity contribution < 1.29 is 27.8 Å². The summed E-state index contributed by atoms with van der Waals surface area (Å²) >= 11 is 0. The van der Waals surface area contributed by atoms with Crippen LogP contribution in [0.1, 0.15) is 12.5 Å². The molecule has 2 rings (SSSR count). The van der Waals surface area contributed by atoms with Gasteiger partial charge >= 0.3 is 6.18 Å². The number of rotatable bonds is 5. The van der Waals surface area contributed by atoms with Gasteiger partial charge in [-0.25, -0.2) is 9.69 Å². The van der Waals surface area contributed by atoms with Crippen LogP contribution in [-0.2, 0) is 11.0 Å². The highest BCUT2D eigenvalue weighted by Crippen LogP contribution is 2.38. The molecule has 1 atom stereocenters. The largest absolute Gasteiger partial charge is 0.490 e. The first-order valence-corrected chi connectivity index (χ1v) is 7.79. The number of ether oxygens (including phenoxy) is 1. The summed E-state index contributed by atoms with van der Waals surface area (Å²) in [6.45, 7) is 14.3. The first kappa shape index (κ1) is 20.7. The van der Waals surface area contributed by atoms with Crippen LogP contribution in [0.4, 0.5) is 30.2 Å². The Morgan fingerprint density at radius 1 is 1.14 bits per heavy atom. The molecule has 0 spiro atoms. The fraction of sp³-hybridized carbons (Fsp3) is 0.211. The number of nitrogens with zero attached hydrogens (tertiary/aromatic N) is 2. The number of carbonyl (C=O) groups excluding carboxylic acids is 1. The van der Waals surface area contributed by atoms with E-state index in [1.54, 1.807) is 0 Å². The molecule has 6 nitrogen and oxygen atoms in total. The Labute approximate surface area is 158 Å². The Bertz CT molecular complexity index is 956. The summed E-state index contributed by atoms with van der Waals surface area (Å²) in [5, 5.41) is 12.5. The van der Waals surface area contributed by atoms with Crippen LogP contribution in [0.5, 0.6) is 5.75 Å². The molecule has 0 bridgehead atoms. The van der Waals surface area contributed by atoms with Crippen molar-refractivity contribution in [1.29, 1.82) is 0 Å². The Hall–Kier alpha value is -3.56. The Morgan fingerprint density at radius 3 is 2.32 bits per heavy atom. The normalized spacial score (nSPS) is 13.0. The van der Waals surface area contributed by atoms with E-state index in [-0.39, 0.29) is 5.69 Å². The number of anilines is 1. The van der Waals surface area contributed by atoms with Gasteiger partial charge in [-0.1, -0.05) is 18.2 Å². The lowest BCUT2D eigenvalue weighted by Gasteiger charge is -2.23. The predicted molar refractivity (Wildman–Crippen MR) is 95.2 cm³/mol. The van der Waals surface area contributed by atoms with E-state index in [0.29, 0.717) is 17.5 Å². The molecule has 0 heterocycles. The number of benzene rings is 2. The van der Waals surface area contributed by atoms with Gasteiger partial charge < -0.3 is 15.2 Å². The summed E-state index contributed by atoms with van der Waals surface area (Å²) in [6, 6.07) is 8.67. The highest BCUT2D eigenvalue weighted by Gasteiger charge is 2.35. The Balaban J connectivity index is 2.10. The number of carbonyl (C=O) groups is 1. The summed E-state index contributed by atoms with van der Waals surface area (Å²) in [5.74, 6) is -0.671. The second-order valence-electron chi connectivity index (χ2n) is 5.96. The molecular weight excluding hydrogens is 375 g/mol. The first-order chi connectivity index (χ1) is 13.1. The summed E-state index contributed by atoms with van der Waals surface area (Å²) in [6.07, 6.45) is -4.76. The van der Waals surface area contributed by atoms with Gasteiger partial charge in [0, 0.05) is 5.69 Å². The Kier molecular flexibility index (Phi) is 5.92. The number of hydrogen-bond acceptors (Lipinski definition) is 3. The maximum absolute atomic E-state index is 13.0. The number of aliphatic hydroxyl groups is 1. The van der Waals surface area contributed by atoms with Crippen LogP contribution in [-0.4, -0.2) is 23.2 Å². The lowest BCUT2D eigenvalue weighted by molar-refractivity contribution is -0.137. The second kappa shape index (κ2) is 7.99. The first-order valence-electron chi connectivity index (χ1n) is 7.79. The van der Waals surface area contributed by atoms with E-state index >= 15 is 0 Å². The molecule has 0 radical (unpaired) electrons. The van der Waals surface area contributed by atoms with E-state index in [9.17, 15) is 23.1 Å². The van der Waals surface area contributed by atoms with Crippen LogP contribution in [0.3, 0.4) is 0 Å². The molecule has 2 aromatic rings. The van der Waals surface area contributed by atoms with Crippen molar-refractivity contribution in [1.82, 2.24) is 0 Å². The minimum Gasteiger partial charge on any atom is -0.490 e. The topological polar surface area (TPSA) is 67.3 Å². The zero-order valence-corrected chi connectivity index (χ0v) is 14.5. The minimum atomic E-state index is -4.76. The number of halogens is 3. The van der Waals surface area contributed by atoms with E-state index in [1.807, 2.05) is 0 Å². The second-order valence-corrected chi connectivity index (χ2v) is 5.96. The van der Waals surface area contributed by atoms with Crippen molar-refractivity contribution in [2.45, 2.75) is 18.7 Å². The van der Waals surface area contributed by atoms with Crippen molar-refractivity contribution >= 4 is 23.0 Å². The van der Waals surface area contributed by atoms with Crippen molar-refractivity contribution in [3.8, 4) is 5.75 Å². The van der Waals surface area contributed by atoms with Crippen molar-refractivity contribution in [2.24, 2.45) is 0 Å². The summed E-state index contributed by atoms with van der Waals surface area (Å²) in [7, 11) is 0. The minimum absolute atomic E-state index is 0.216. The zero-order chi connectivity index (χ0) is 20.9. The lowest BCUT2D eigenvalue weighted by Crippen LogP contribution is -2.45. The van der Waals surface area contributed by atoms with Gasteiger partial charge in [0.15, 0.2) is 17.0 Å². The highest BCUT2D eigenvalue weighted by molar-refractivity contribution is 5.97. The van der Waals surface area contributed by atoms with Crippen LogP contribution in [0.25, 0.3) is 9.69 Å². The van der Waals surface area contributed by atoms with Crippen molar-refractivity contribution in [3.05, 3.63) is 70.9 Å². The summed E-state index contributed by atoms with van der Waals surface area (Å²) in [4.78, 5) is 18.3. The molecule has 0 unspecified atom stereocenters. The molecule has 0 saturated carbocycles. The molecule has 0 fully saturated rings. The van der Waals surface area contributed by atoms with Crippen LogP contribution in [0, 0.1) is 13.1 Å². The van der Waals surface area contributed by atoms with E-state index in [1.165, 1.54) is 24.3 Å². The van der Waals surface area contributed by atoms with Gasteiger partial charge in [-0.2, -0.15) is 13.2 Å². The molecule has 0 saturated heterocycles. The maximum atomic E-state index is 13.0. The standard InChI is InChI=1S/C19H14F3N3O3/c1-18(27,11-28-14-7-4-12(23-2)5-8-14)17(26)25-13-6-9-16(24-3)15(10-13)19(20,21)22/h4-10,27H,11H2,1H3,(H,25,26)/t18-/m0/s1. The quantitative estimate of drug-likeness (QED) is 0.736. The molecule has 1 amide bonds. The van der Waals surface area contributed by atoms with Crippen LogP contribution >= 0.6 is 0 Å². The molecule has 0 aliphatic carbocycles. The van der Waals surface area contributed by atoms with Gasteiger partial charge in [-0.15, -0.1) is 0 Å². The monoisotopic (exact) mass is 389 g/mol. The smallest absolute Gasteiger partial charge is 0.407 e. The average Bonchev–Trinajstić information content (AvgIpc) is 2.66. The average molecular weight is 389 g/mol. The third-order valence-electron chi connectivity index (χ3n) is 3.66. The fourth-order valence-corrected chi connectivity index (χ4v) is 2.11. The van der Waals surface area contributed by atoms with Gasteiger partial charge in [0.05, 0.1) is 18.7 Å². The molecule has 144 valence electrons. The van der Waals surface area contributed by atoms with E-state index < -0.39 is 35.5 Å². The maximum Gasteiger partial charge on any atom is 0.407 e. The van der Waals surface area contributed by atoms with Gasteiger partial charge in [0.1, 0.15) is 12.4 Å². The fourth-order valence-electron chi connectivity index (χ4n) is 2.11. The molecule has 0 aromatic heterocycles. The molecule has 9 heteroatoms. The number of nitrogens with one attached hydrogen (secondary N) is 1. The highest BCUT2D eigenvalue weighted by atomic mass is 19.4. The van der Waals surface area contributed by atoms with Crippen molar-refractivity contribution in [2.75, 3.05) is 11.9 Å². The van der Waals surface area contributed by atoms with Gasteiger partial charge in [0.2, 0.25) is 0 Å². The molecule has 2 aromatic carbocycles. The molecule has 28 heavy (non-hydrogen) atoms. The van der Waals surface area contributed by atoms with E-state index in [2.05, 4.69) is 15.0 Å². The van der Waals surface area contributed by atoms with Crippen LogP contribution in [0.2, 0.25) is 0 Å². The zero-order valence-electron chi connectivity index (χ0n) is 14.5. The van der Waals surface area contributed by atoms with Crippen molar-refractivity contribution in [3.63, 3.8) is 0 Å². The number of hydrogen-bond donors (Lipinski definition) is 2. The number of alkyl halides is 3. The summed E-state index contributed by atoms with van der Waals surface area (Å²) < 4.78 is 44.3. The third-order valence-corrected chi connectivity index (χ3v) is 3.66. The van der Waals surface area contributed by atoms with E-state index in [4.69, 9.17) is 17.9 Å². The SMILES string of the molecule is [C-]#[N+]c1ccc(OC[C@](C)(O)C(=O)Nc2ccc([N+]#[C-])c(C(F)(F)F)c2)cc1. The van der Waals surface area contributed by atoms with E-state index in [0.717, 1.165) is 19.1 Å². The molecule has 0 aliphatic heterocycles. The van der Waals surface area contributed by atoms with Gasteiger partial charge in [0.25, 0.3) is 5.91 Å². The van der Waals surface area contributed by atoms with Crippen LogP contribution < -0.4 is 10.1 Å². The lowest BCUT2D eigenvalue weighted by atomic mass is 10.1. The van der Waals surface area contributed by atoms with Crippen LogP contribution in [0.15, 0.2) is 42.5 Å². The third kappa shape index (κ3) is 5.00. The molecular formula is C19H14F3N3O3. The van der Waals surface area contributed by atoms with Gasteiger partial charge in [-0.3, -0.25) is 4.79 Å². The molecule has 2 N–H and O–H groups in total. The predicted octanol–water partition coefficient (Wildman–Crippen LogP) is 4.58.